The Balaban J connectivity index is 0.000000677. The Hall–Kier alpha value is 0.0200. The highest BCUT2D eigenvalue weighted by Crippen LogP contribution is 2.38. The number of hydrogen-bond donors (Lipinski definition) is 3. The van der Waals surface area contributed by atoms with Crippen LogP contribution in [0.25, 0.3) is 11.1 Å². The molecule has 0 aliphatic heterocycles. The van der Waals surface area contributed by atoms with Gasteiger partial charge in [-0.2, -0.15) is 0 Å². The van der Waals surface area contributed by atoms with Crippen molar-refractivity contribution in [3.63, 3.8) is 0 Å². The lowest BCUT2D eigenvalue weighted by Gasteiger charge is -2.10. The topological polar surface area (TPSA) is 89.3 Å². The van der Waals surface area contributed by atoms with Gasteiger partial charge in [0, 0.05) is 17.9 Å². The molecule has 0 aliphatic carbocycles. The van der Waals surface area contributed by atoms with E-state index >= 15 is 0 Å². The third kappa shape index (κ3) is 5.01. The van der Waals surface area contributed by atoms with Crippen molar-refractivity contribution >= 4 is 83.8 Å². The quantitative estimate of drug-likeness (QED) is 0.304. The standard InChI is InChI=1S/C12H8Br4N2.HO2P/c13-7-1-5(2-8(14)11(7)17)6-3-9(15)12(18)10(16)4-6;1-3-2/h1-4H,17-18H2;(H,1,2). The first-order chi connectivity index (χ1) is 9.81. The van der Waals surface area contributed by atoms with E-state index in [-0.39, 0.29) is 0 Å². The van der Waals surface area contributed by atoms with Gasteiger partial charge in [0.1, 0.15) is 0 Å². The van der Waals surface area contributed by atoms with Gasteiger partial charge in [-0.1, -0.05) is 0 Å². The van der Waals surface area contributed by atoms with Crippen molar-refractivity contribution in [3.8, 4) is 11.1 Å². The van der Waals surface area contributed by atoms with E-state index in [1.165, 1.54) is 0 Å². The van der Waals surface area contributed by atoms with E-state index in [1.807, 2.05) is 24.3 Å². The molecule has 0 radical (unpaired) electrons. The molecule has 2 aromatic rings. The minimum Gasteiger partial charge on any atom is -0.397 e. The van der Waals surface area contributed by atoms with E-state index in [0.717, 1.165) is 29.0 Å². The van der Waals surface area contributed by atoms with Crippen LogP contribution in [0.1, 0.15) is 0 Å². The first kappa shape index (κ1) is 19.1. The molecular formula is C12H9Br4N2O2P. The Labute approximate surface area is 157 Å². The van der Waals surface area contributed by atoms with E-state index < -0.39 is 8.69 Å². The predicted octanol–water partition coefficient (Wildman–Crippen LogP) is 5.75. The number of hydrogen-bond acceptors (Lipinski definition) is 3. The maximum atomic E-state index is 8.46. The molecule has 5 N–H and O–H groups in total. The smallest absolute Gasteiger partial charge is 0.324 e. The Bertz CT molecular complexity index is 581. The highest BCUT2D eigenvalue weighted by Gasteiger charge is 2.09. The third-order valence-corrected chi connectivity index (χ3v) is 5.12. The second-order valence-electron chi connectivity index (χ2n) is 3.79. The normalized spacial score (nSPS) is 10.1. The van der Waals surface area contributed by atoms with Crippen molar-refractivity contribution in [2.45, 2.75) is 0 Å². The summed E-state index contributed by atoms with van der Waals surface area (Å²) in [6.07, 6.45) is 0. The summed E-state index contributed by atoms with van der Waals surface area (Å²) in [6, 6.07) is 7.91. The number of nitrogen functional groups attached to an aromatic ring is 2. The summed E-state index contributed by atoms with van der Waals surface area (Å²) < 4.78 is 11.9. The highest BCUT2D eigenvalue weighted by molar-refractivity contribution is 9.11. The van der Waals surface area contributed by atoms with Crippen molar-refractivity contribution in [1.82, 2.24) is 0 Å². The van der Waals surface area contributed by atoms with Crippen LogP contribution in [0.2, 0.25) is 0 Å². The second kappa shape index (κ2) is 8.60. The van der Waals surface area contributed by atoms with Crippen LogP contribution in [0.15, 0.2) is 42.2 Å². The van der Waals surface area contributed by atoms with Crippen LogP contribution in [0, 0.1) is 0 Å². The highest BCUT2D eigenvalue weighted by atomic mass is 79.9. The van der Waals surface area contributed by atoms with Crippen LogP contribution in [0.4, 0.5) is 11.4 Å². The molecule has 2 aromatic carbocycles. The van der Waals surface area contributed by atoms with Gasteiger partial charge in [-0.15, -0.1) is 0 Å². The zero-order valence-electron chi connectivity index (χ0n) is 10.3. The van der Waals surface area contributed by atoms with Crippen molar-refractivity contribution in [3.05, 3.63) is 42.2 Å². The Morgan fingerprint density at radius 3 is 1.14 bits per heavy atom. The number of halogens is 4. The van der Waals surface area contributed by atoms with E-state index in [9.17, 15) is 0 Å². The van der Waals surface area contributed by atoms with Crippen LogP contribution in [0.3, 0.4) is 0 Å². The molecule has 0 amide bonds. The molecule has 21 heavy (non-hydrogen) atoms. The number of anilines is 2. The molecule has 0 atom stereocenters. The Morgan fingerprint density at radius 2 is 0.952 bits per heavy atom. The lowest BCUT2D eigenvalue weighted by atomic mass is 10.1. The third-order valence-electron chi connectivity index (χ3n) is 2.49. The maximum Gasteiger partial charge on any atom is 0.324 e. The van der Waals surface area contributed by atoms with Crippen LogP contribution in [-0.2, 0) is 4.57 Å². The van der Waals surface area contributed by atoms with Crippen LogP contribution < -0.4 is 11.5 Å². The molecule has 0 saturated heterocycles. The monoisotopic (exact) mass is 560 g/mol. The molecule has 0 saturated carbocycles. The number of benzene rings is 2. The van der Waals surface area contributed by atoms with Gasteiger partial charge in [0.15, 0.2) is 0 Å². The van der Waals surface area contributed by atoms with Gasteiger partial charge < -0.3 is 16.4 Å². The summed E-state index contributed by atoms with van der Waals surface area (Å²) in [5, 5.41) is 0. The first-order valence-electron chi connectivity index (χ1n) is 5.28. The molecule has 112 valence electrons. The van der Waals surface area contributed by atoms with Gasteiger partial charge in [-0.05, 0) is 99.1 Å². The molecule has 4 nitrogen and oxygen atoms in total. The summed E-state index contributed by atoms with van der Waals surface area (Å²) in [6.45, 7) is 0. The van der Waals surface area contributed by atoms with Crippen molar-refractivity contribution in [1.29, 1.82) is 0 Å². The fourth-order valence-corrected chi connectivity index (χ4v) is 3.87. The molecule has 0 spiro atoms. The van der Waals surface area contributed by atoms with Crippen molar-refractivity contribution < 1.29 is 9.46 Å². The van der Waals surface area contributed by atoms with Gasteiger partial charge >= 0.3 is 8.69 Å². The second-order valence-corrected chi connectivity index (χ2v) is 7.37. The largest absolute Gasteiger partial charge is 0.397 e. The maximum absolute atomic E-state index is 8.46. The zero-order valence-corrected chi connectivity index (χ0v) is 17.5. The Kier molecular flexibility index (Phi) is 7.81. The molecule has 0 heterocycles. The van der Waals surface area contributed by atoms with E-state index in [1.54, 1.807) is 0 Å². The number of rotatable bonds is 1. The molecule has 0 unspecified atom stereocenters. The van der Waals surface area contributed by atoms with Gasteiger partial charge in [-0.3, -0.25) is 0 Å². The molecular weight excluding hydrogens is 555 g/mol. The molecule has 0 fully saturated rings. The van der Waals surface area contributed by atoms with Gasteiger partial charge in [0.05, 0.1) is 11.4 Å². The van der Waals surface area contributed by atoms with Gasteiger partial charge in [0.25, 0.3) is 0 Å². The summed E-state index contributed by atoms with van der Waals surface area (Å²) in [4.78, 5) is 6.99. The van der Waals surface area contributed by atoms with Crippen molar-refractivity contribution in [2.24, 2.45) is 0 Å². The number of nitrogens with two attached hydrogens (primary N) is 2. The molecule has 0 aliphatic rings. The average Bonchev–Trinajstić information content (AvgIpc) is 2.42. The molecule has 2 rings (SSSR count). The molecule has 9 heteroatoms. The van der Waals surface area contributed by atoms with Gasteiger partial charge in [0.2, 0.25) is 0 Å². The van der Waals surface area contributed by atoms with Crippen LogP contribution in [0.5, 0.6) is 0 Å². The summed E-state index contributed by atoms with van der Waals surface area (Å²) in [7, 11) is -0.833. The van der Waals surface area contributed by atoms with Crippen LogP contribution >= 0.6 is 72.4 Å². The van der Waals surface area contributed by atoms with Crippen molar-refractivity contribution in [2.75, 3.05) is 11.5 Å². The summed E-state index contributed by atoms with van der Waals surface area (Å²) in [5.74, 6) is 0. The lowest BCUT2D eigenvalue weighted by molar-refractivity contribution is 0.524. The van der Waals surface area contributed by atoms with Crippen LogP contribution in [-0.4, -0.2) is 4.89 Å². The minimum absolute atomic E-state index is 0.687. The van der Waals surface area contributed by atoms with E-state index in [4.69, 9.17) is 20.9 Å². The predicted molar refractivity (Wildman–Crippen MR) is 101 cm³/mol. The molecule has 0 bridgehead atoms. The fraction of sp³-hybridized carbons (Fsp3) is 0. The summed E-state index contributed by atoms with van der Waals surface area (Å²) >= 11 is 13.8. The van der Waals surface area contributed by atoms with E-state index in [2.05, 4.69) is 63.7 Å². The first-order valence-corrected chi connectivity index (χ1v) is 9.21. The Morgan fingerprint density at radius 1 is 0.762 bits per heavy atom. The fourth-order valence-electron chi connectivity index (χ4n) is 1.50. The minimum atomic E-state index is -0.833. The average molecular weight is 564 g/mol. The lowest BCUT2D eigenvalue weighted by Crippen LogP contribution is -1.92. The molecule has 0 aromatic heterocycles. The van der Waals surface area contributed by atoms with E-state index in [0.29, 0.717) is 11.4 Å². The zero-order chi connectivity index (χ0) is 16.2. The van der Waals surface area contributed by atoms with Gasteiger partial charge in [-0.25, -0.2) is 4.57 Å². The summed E-state index contributed by atoms with van der Waals surface area (Å²) in [5.41, 5.74) is 15.2. The SMILES string of the molecule is Nc1c(Br)cc(-c2cc(Br)c(N)c(Br)c2)cc1Br.O=PO.